The minimum atomic E-state index is -0.516. The summed E-state index contributed by atoms with van der Waals surface area (Å²) in [6, 6.07) is 0. The van der Waals surface area contributed by atoms with Crippen molar-refractivity contribution in [1.29, 1.82) is 0 Å². The van der Waals surface area contributed by atoms with Crippen molar-refractivity contribution in [2.75, 3.05) is 0 Å². The Balaban J connectivity index is 2.62. The number of esters is 1. The molecule has 0 amide bonds. The molecule has 1 aliphatic rings. The van der Waals surface area contributed by atoms with Gasteiger partial charge in [0.15, 0.2) is 0 Å². The van der Waals surface area contributed by atoms with Crippen molar-refractivity contribution < 1.29 is 14.6 Å². The molecule has 0 spiro atoms. The average Bonchev–Trinajstić information content (AvgIpc) is 2.02. The topological polar surface area (TPSA) is 46.5 Å². The van der Waals surface area contributed by atoms with Crippen molar-refractivity contribution in [3.63, 3.8) is 0 Å². The van der Waals surface area contributed by atoms with Crippen LogP contribution < -0.4 is 0 Å². The first kappa shape index (κ1) is 11.5. The first-order valence-electron chi connectivity index (χ1n) is 5.33. The second-order valence-electron chi connectivity index (χ2n) is 4.81. The maximum atomic E-state index is 11.2. The zero-order valence-electron chi connectivity index (χ0n) is 9.25. The third kappa shape index (κ3) is 2.71. The molecule has 82 valence electrons. The van der Waals surface area contributed by atoms with E-state index in [4.69, 9.17) is 4.74 Å². The Morgan fingerprint density at radius 1 is 1.57 bits per heavy atom. The van der Waals surface area contributed by atoms with Gasteiger partial charge in [-0.15, -0.1) is 0 Å². The standard InChI is InChI=1S/C11H20O3/c1-4-5-11(2,3)9-6-8(12)7-10(13)14-9/h8-9,12H,4-7H2,1-3H3. The fourth-order valence-electron chi connectivity index (χ4n) is 2.06. The van der Waals surface area contributed by atoms with Crippen molar-refractivity contribution in [1.82, 2.24) is 0 Å². The fraction of sp³-hybridized carbons (Fsp3) is 0.909. The van der Waals surface area contributed by atoms with Crippen LogP contribution in [0.4, 0.5) is 0 Å². The van der Waals surface area contributed by atoms with E-state index in [0.717, 1.165) is 12.8 Å². The number of aliphatic hydroxyl groups excluding tert-OH is 1. The first-order chi connectivity index (χ1) is 6.45. The first-order valence-corrected chi connectivity index (χ1v) is 5.33. The number of hydrogen-bond acceptors (Lipinski definition) is 3. The summed E-state index contributed by atoms with van der Waals surface area (Å²) >= 11 is 0. The van der Waals surface area contributed by atoms with Gasteiger partial charge in [-0.05, 0) is 6.42 Å². The Morgan fingerprint density at radius 2 is 2.21 bits per heavy atom. The summed E-state index contributed by atoms with van der Waals surface area (Å²) in [7, 11) is 0. The van der Waals surface area contributed by atoms with E-state index in [2.05, 4.69) is 20.8 Å². The smallest absolute Gasteiger partial charge is 0.308 e. The average molecular weight is 200 g/mol. The van der Waals surface area contributed by atoms with E-state index in [1.54, 1.807) is 0 Å². The lowest BCUT2D eigenvalue weighted by atomic mass is 9.78. The summed E-state index contributed by atoms with van der Waals surface area (Å²) in [5, 5.41) is 9.48. The molecule has 3 heteroatoms. The van der Waals surface area contributed by atoms with Crippen LogP contribution in [0, 0.1) is 5.41 Å². The van der Waals surface area contributed by atoms with Crippen LogP contribution in [0.2, 0.25) is 0 Å². The van der Waals surface area contributed by atoms with Gasteiger partial charge in [-0.3, -0.25) is 4.79 Å². The third-order valence-electron chi connectivity index (χ3n) is 2.93. The number of carbonyl (C=O) groups is 1. The van der Waals surface area contributed by atoms with E-state index in [-0.39, 0.29) is 23.9 Å². The Kier molecular flexibility index (Phi) is 3.53. The lowest BCUT2D eigenvalue weighted by Crippen LogP contribution is -2.41. The van der Waals surface area contributed by atoms with Crippen molar-refractivity contribution >= 4 is 5.97 Å². The van der Waals surface area contributed by atoms with Crippen molar-refractivity contribution in [3.8, 4) is 0 Å². The Hall–Kier alpha value is -0.570. The highest BCUT2D eigenvalue weighted by Crippen LogP contribution is 2.34. The highest BCUT2D eigenvalue weighted by atomic mass is 16.5. The number of aliphatic hydroxyl groups is 1. The summed E-state index contributed by atoms with van der Waals surface area (Å²) in [5.74, 6) is -0.266. The molecule has 1 rings (SSSR count). The normalized spacial score (nSPS) is 28.7. The third-order valence-corrected chi connectivity index (χ3v) is 2.93. The van der Waals surface area contributed by atoms with E-state index in [1.807, 2.05) is 0 Å². The zero-order valence-corrected chi connectivity index (χ0v) is 9.25. The molecular formula is C11H20O3. The molecule has 0 saturated carbocycles. The SMILES string of the molecule is CCCC(C)(C)C1CC(O)CC(=O)O1. The molecule has 2 unspecified atom stereocenters. The highest BCUT2D eigenvalue weighted by molar-refractivity contribution is 5.71. The van der Waals surface area contributed by atoms with Crippen LogP contribution >= 0.6 is 0 Å². The van der Waals surface area contributed by atoms with Gasteiger partial charge in [-0.1, -0.05) is 27.2 Å². The molecule has 14 heavy (non-hydrogen) atoms. The van der Waals surface area contributed by atoms with Crippen molar-refractivity contribution in [2.24, 2.45) is 5.41 Å². The van der Waals surface area contributed by atoms with Crippen LogP contribution in [-0.2, 0) is 9.53 Å². The highest BCUT2D eigenvalue weighted by Gasteiger charge is 2.37. The van der Waals surface area contributed by atoms with Gasteiger partial charge in [-0.2, -0.15) is 0 Å². The van der Waals surface area contributed by atoms with Gasteiger partial charge in [-0.25, -0.2) is 0 Å². The molecule has 0 aromatic rings. The van der Waals surface area contributed by atoms with Crippen molar-refractivity contribution in [2.45, 2.75) is 58.7 Å². The Bertz CT molecular complexity index is 211. The zero-order chi connectivity index (χ0) is 10.8. The maximum Gasteiger partial charge on any atom is 0.308 e. The minimum absolute atomic E-state index is 0.0220. The number of ether oxygens (including phenoxy) is 1. The molecule has 1 aliphatic heterocycles. The Labute approximate surface area is 85.5 Å². The molecule has 0 aromatic carbocycles. The Morgan fingerprint density at radius 3 is 2.71 bits per heavy atom. The molecule has 0 radical (unpaired) electrons. The van der Waals surface area contributed by atoms with Crippen LogP contribution in [0.25, 0.3) is 0 Å². The second kappa shape index (κ2) is 4.30. The van der Waals surface area contributed by atoms with E-state index in [9.17, 15) is 9.90 Å². The monoisotopic (exact) mass is 200 g/mol. The quantitative estimate of drug-likeness (QED) is 0.707. The molecule has 3 nitrogen and oxygen atoms in total. The van der Waals surface area contributed by atoms with Gasteiger partial charge in [0.1, 0.15) is 6.10 Å². The summed E-state index contributed by atoms with van der Waals surface area (Å²) in [6.45, 7) is 6.29. The van der Waals surface area contributed by atoms with Crippen LogP contribution in [-0.4, -0.2) is 23.3 Å². The largest absolute Gasteiger partial charge is 0.462 e. The summed E-state index contributed by atoms with van der Waals surface area (Å²) in [6.07, 6.45) is 2.17. The van der Waals surface area contributed by atoms with Gasteiger partial charge in [0, 0.05) is 11.8 Å². The molecule has 2 atom stereocenters. The molecule has 1 saturated heterocycles. The van der Waals surface area contributed by atoms with Gasteiger partial charge in [0.05, 0.1) is 12.5 Å². The van der Waals surface area contributed by atoms with E-state index < -0.39 is 6.10 Å². The molecule has 0 bridgehead atoms. The molecule has 0 aromatic heterocycles. The van der Waals surface area contributed by atoms with Gasteiger partial charge < -0.3 is 9.84 Å². The molecular weight excluding hydrogens is 180 g/mol. The summed E-state index contributed by atoms with van der Waals surface area (Å²) in [4.78, 5) is 11.2. The lowest BCUT2D eigenvalue weighted by molar-refractivity contribution is -0.169. The molecule has 1 N–H and O–H groups in total. The molecule has 1 heterocycles. The van der Waals surface area contributed by atoms with Crippen LogP contribution in [0.1, 0.15) is 46.5 Å². The van der Waals surface area contributed by atoms with Gasteiger partial charge in [0.2, 0.25) is 0 Å². The second-order valence-corrected chi connectivity index (χ2v) is 4.81. The van der Waals surface area contributed by atoms with Crippen molar-refractivity contribution in [3.05, 3.63) is 0 Å². The number of hydrogen-bond donors (Lipinski definition) is 1. The van der Waals surface area contributed by atoms with E-state index in [1.165, 1.54) is 0 Å². The lowest BCUT2D eigenvalue weighted by Gasteiger charge is -2.37. The predicted molar refractivity (Wildman–Crippen MR) is 53.8 cm³/mol. The summed E-state index contributed by atoms with van der Waals surface area (Å²) in [5.41, 5.74) is -0.0220. The van der Waals surface area contributed by atoms with Crippen LogP contribution in [0.5, 0.6) is 0 Å². The van der Waals surface area contributed by atoms with Gasteiger partial charge >= 0.3 is 5.97 Å². The van der Waals surface area contributed by atoms with Crippen LogP contribution in [0.3, 0.4) is 0 Å². The van der Waals surface area contributed by atoms with E-state index >= 15 is 0 Å². The molecule has 1 fully saturated rings. The number of carbonyl (C=O) groups excluding carboxylic acids is 1. The minimum Gasteiger partial charge on any atom is -0.462 e. The van der Waals surface area contributed by atoms with E-state index in [0.29, 0.717) is 6.42 Å². The number of rotatable bonds is 3. The number of cyclic esters (lactones) is 1. The van der Waals surface area contributed by atoms with Gasteiger partial charge in [0.25, 0.3) is 0 Å². The maximum absolute atomic E-state index is 11.2. The summed E-state index contributed by atoms with van der Waals surface area (Å²) < 4.78 is 5.28. The predicted octanol–water partition coefficient (Wildman–Crippen LogP) is 1.88. The van der Waals surface area contributed by atoms with Crippen LogP contribution in [0.15, 0.2) is 0 Å². The molecule has 0 aliphatic carbocycles. The fourth-order valence-corrected chi connectivity index (χ4v) is 2.06.